The molecule has 0 aliphatic carbocycles. The Balaban J connectivity index is 2.01. The van der Waals surface area contributed by atoms with Crippen molar-refractivity contribution in [1.29, 1.82) is 0 Å². The van der Waals surface area contributed by atoms with Crippen molar-refractivity contribution in [2.45, 2.75) is 40.0 Å². The van der Waals surface area contributed by atoms with Crippen LogP contribution in [0.3, 0.4) is 0 Å². The van der Waals surface area contributed by atoms with Gasteiger partial charge in [0, 0.05) is 5.69 Å². The van der Waals surface area contributed by atoms with Crippen molar-refractivity contribution in [2.75, 3.05) is 11.9 Å². The Morgan fingerprint density at radius 1 is 1.04 bits per heavy atom. The van der Waals surface area contributed by atoms with Gasteiger partial charge in [-0.25, -0.2) is 0 Å². The number of benzene rings is 2. The molecule has 0 heterocycles. The molecule has 26 heavy (non-hydrogen) atoms. The molecule has 138 valence electrons. The van der Waals surface area contributed by atoms with Gasteiger partial charge in [-0.3, -0.25) is 9.59 Å². The summed E-state index contributed by atoms with van der Waals surface area (Å²) in [6, 6.07) is 15.3. The first kappa shape index (κ1) is 19.7. The number of ether oxygens (including phenoxy) is 1. The molecule has 0 aliphatic rings. The van der Waals surface area contributed by atoms with Crippen molar-refractivity contribution in [3.63, 3.8) is 0 Å². The summed E-state index contributed by atoms with van der Waals surface area (Å²) in [7, 11) is 0. The van der Waals surface area contributed by atoms with Crippen molar-refractivity contribution >= 4 is 17.6 Å². The van der Waals surface area contributed by atoms with E-state index < -0.39 is 0 Å². The summed E-state index contributed by atoms with van der Waals surface area (Å²) in [5.74, 6) is -0.925. The van der Waals surface area contributed by atoms with Crippen LogP contribution in [-0.2, 0) is 14.3 Å². The zero-order chi connectivity index (χ0) is 19.1. The Bertz CT molecular complexity index is 755. The third kappa shape index (κ3) is 4.94. The number of anilines is 1. The molecule has 0 unspecified atom stereocenters. The highest BCUT2D eigenvalue weighted by atomic mass is 16.5. The zero-order valence-electron chi connectivity index (χ0n) is 15.9. The number of rotatable bonds is 7. The van der Waals surface area contributed by atoms with Gasteiger partial charge in [0.1, 0.15) is 0 Å². The number of hydrogen-bond donors (Lipinski definition) is 1. The van der Waals surface area contributed by atoms with Gasteiger partial charge in [-0.2, -0.15) is 0 Å². The molecule has 2 aromatic carbocycles. The number of esters is 1. The first-order chi connectivity index (χ1) is 12.4. The summed E-state index contributed by atoms with van der Waals surface area (Å²) in [4.78, 5) is 24.8. The number of hydrogen-bond acceptors (Lipinski definition) is 3. The Morgan fingerprint density at radius 3 is 2.38 bits per heavy atom. The molecule has 0 saturated heterocycles. The third-order valence-corrected chi connectivity index (χ3v) is 4.85. The van der Waals surface area contributed by atoms with Crippen LogP contribution in [0.5, 0.6) is 0 Å². The largest absolute Gasteiger partial charge is 0.455 e. The molecular weight excluding hydrogens is 326 g/mol. The molecule has 0 aliphatic heterocycles. The van der Waals surface area contributed by atoms with Gasteiger partial charge < -0.3 is 10.1 Å². The summed E-state index contributed by atoms with van der Waals surface area (Å²) in [5.41, 5.74) is 3.77. The first-order valence-electron chi connectivity index (χ1n) is 9.01. The number of carbonyl (C=O) groups excluding carboxylic acids is 2. The minimum atomic E-state index is -0.366. The van der Waals surface area contributed by atoms with E-state index in [1.807, 2.05) is 76.2 Å². The maximum absolute atomic E-state index is 12.6. The Morgan fingerprint density at radius 2 is 1.73 bits per heavy atom. The predicted octanol–water partition coefficient (Wildman–Crippen LogP) is 4.62. The highest BCUT2D eigenvalue weighted by Gasteiger charge is 2.27. The lowest BCUT2D eigenvalue weighted by molar-refractivity contribution is -0.150. The molecule has 2 atom stereocenters. The fraction of sp³-hybridized carbons (Fsp3) is 0.364. The van der Waals surface area contributed by atoms with E-state index in [1.54, 1.807) is 0 Å². The van der Waals surface area contributed by atoms with E-state index in [1.165, 1.54) is 0 Å². The van der Waals surface area contributed by atoms with Gasteiger partial charge in [0.25, 0.3) is 5.91 Å². The minimum absolute atomic E-state index is 0.131. The van der Waals surface area contributed by atoms with E-state index >= 15 is 0 Å². The van der Waals surface area contributed by atoms with Crippen LogP contribution in [-0.4, -0.2) is 18.5 Å². The van der Waals surface area contributed by atoms with Crippen LogP contribution >= 0.6 is 0 Å². The summed E-state index contributed by atoms with van der Waals surface area (Å²) < 4.78 is 5.33. The van der Waals surface area contributed by atoms with Gasteiger partial charge in [0.2, 0.25) is 0 Å². The van der Waals surface area contributed by atoms with E-state index in [2.05, 4.69) is 5.32 Å². The van der Waals surface area contributed by atoms with Crippen molar-refractivity contribution in [2.24, 2.45) is 5.92 Å². The highest BCUT2D eigenvalue weighted by Crippen LogP contribution is 2.28. The maximum atomic E-state index is 12.6. The van der Waals surface area contributed by atoms with E-state index in [-0.39, 0.29) is 30.3 Å². The Hall–Kier alpha value is -2.62. The van der Waals surface area contributed by atoms with Crippen LogP contribution in [0.15, 0.2) is 48.5 Å². The van der Waals surface area contributed by atoms with Crippen molar-refractivity contribution in [1.82, 2.24) is 0 Å². The van der Waals surface area contributed by atoms with Crippen LogP contribution < -0.4 is 5.32 Å². The summed E-state index contributed by atoms with van der Waals surface area (Å²) in [6.07, 6.45) is 0.851. The number of nitrogens with one attached hydrogen (secondary N) is 1. The molecule has 4 nitrogen and oxygen atoms in total. The molecule has 0 fully saturated rings. The van der Waals surface area contributed by atoms with Crippen molar-refractivity contribution < 1.29 is 14.3 Å². The van der Waals surface area contributed by atoms with E-state index in [9.17, 15) is 9.59 Å². The average Bonchev–Trinajstić information content (AvgIpc) is 2.64. The molecule has 0 radical (unpaired) electrons. The normalized spacial score (nSPS) is 12.9. The van der Waals surface area contributed by atoms with Crippen LogP contribution in [0.2, 0.25) is 0 Å². The molecule has 0 saturated carbocycles. The Labute approximate surface area is 155 Å². The van der Waals surface area contributed by atoms with Gasteiger partial charge in [0.15, 0.2) is 6.61 Å². The second-order valence-corrected chi connectivity index (χ2v) is 6.68. The van der Waals surface area contributed by atoms with Crippen LogP contribution in [0.1, 0.15) is 42.9 Å². The predicted molar refractivity (Wildman–Crippen MR) is 104 cm³/mol. The van der Waals surface area contributed by atoms with Crippen LogP contribution in [0.4, 0.5) is 5.69 Å². The summed E-state index contributed by atoms with van der Waals surface area (Å²) in [6.45, 7) is 7.72. The summed E-state index contributed by atoms with van der Waals surface area (Å²) >= 11 is 0. The molecule has 1 N–H and O–H groups in total. The average molecular weight is 353 g/mol. The third-order valence-electron chi connectivity index (χ3n) is 4.85. The van der Waals surface area contributed by atoms with E-state index in [0.717, 1.165) is 28.8 Å². The lowest BCUT2D eigenvalue weighted by atomic mass is 9.86. The fourth-order valence-corrected chi connectivity index (χ4v) is 2.89. The zero-order valence-corrected chi connectivity index (χ0v) is 15.9. The molecule has 0 aromatic heterocycles. The van der Waals surface area contributed by atoms with E-state index in [0.29, 0.717) is 0 Å². The monoisotopic (exact) mass is 353 g/mol. The molecule has 1 amide bonds. The second-order valence-electron chi connectivity index (χ2n) is 6.68. The van der Waals surface area contributed by atoms with Crippen molar-refractivity contribution in [3.05, 3.63) is 65.2 Å². The van der Waals surface area contributed by atoms with Crippen LogP contribution in [0, 0.1) is 19.8 Å². The first-order valence-corrected chi connectivity index (χ1v) is 9.01. The SMILES string of the molecule is CC[C@@H](C)[C@@H](C(=O)OCC(=O)Nc1cccc(C)c1C)c1ccccc1. The van der Waals surface area contributed by atoms with Crippen molar-refractivity contribution in [3.8, 4) is 0 Å². The number of amides is 1. The van der Waals surface area contributed by atoms with Gasteiger partial charge in [-0.15, -0.1) is 0 Å². The van der Waals surface area contributed by atoms with Gasteiger partial charge in [-0.05, 0) is 42.5 Å². The van der Waals surface area contributed by atoms with E-state index in [4.69, 9.17) is 4.74 Å². The molecule has 4 heteroatoms. The lowest BCUT2D eigenvalue weighted by Crippen LogP contribution is -2.27. The van der Waals surface area contributed by atoms with Gasteiger partial charge >= 0.3 is 5.97 Å². The van der Waals surface area contributed by atoms with Gasteiger partial charge in [-0.1, -0.05) is 62.7 Å². The summed E-state index contributed by atoms with van der Waals surface area (Å²) in [5, 5.41) is 2.81. The molecular formula is C22H27NO3. The molecule has 0 bridgehead atoms. The molecule has 2 rings (SSSR count). The van der Waals surface area contributed by atoms with Gasteiger partial charge in [0.05, 0.1) is 5.92 Å². The lowest BCUT2D eigenvalue weighted by Gasteiger charge is -2.21. The van der Waals surface area contributed by atoms with Crippen LogP contribution in [0.25, 0.3) is 0 Å². The maximum Gasteiger partial charge on any atom is 0.314 e. The second kappa shape index (κ2) is 9.18. The Kier molecular flexibility index (Phi) is 6.96. The smallest absolute Gasteiger partial charge is 0.314 e. The molecule has 0 spiro atoms. The topological polar surface area (TPSA) is 55.4 Å². The minimum Gasteiger partial charge on any atom is -0.455 e. The fourth-order valence-electron chi connectivity index (χ4n) is 2.89. The standard InChI is InChI=1S/C22H27NO3/c1-5-15(2)21(18-11-7-6-8-12-18)22(25)26-14-20(24)23-19-13-9-10-16(3)17(19)4/h6-13,15,21H,5,14H2,1-4H3,(H,23,24)/t15-,21-/m1/s1. The number of carbonyl (C=O) groups is 2. The highest BCUT2D eigenvalue weighted by molar-refractivity contribution is 5.94. The number of aryl methyl sites for hydroxylation is 1. The quantitative estimate of drug-likeness (QED) is 0.739. The molecule has 2 aromatic rings.